The highest BCUT2D eigenvalue weighted by Crippen LogP contribution is 2.33. The van der Waals surface area contributed by atoms with E-state index in [4.69, 9.17) is 17.3 Å². The van der Waals surface area contributed by atoms with Crippen molar-refractivity contribution in [3.63, 3.8) is 0 Å². The lowest BCUT2D eigenvalue weighted by Crippen LogP contribution is -1.92. The molecule has 0 atom stereocenters. The van der Waals surface area contributed by atoms with E-state index >= 15 is 0 Å². The fourth-order valence-electron chi connectivity index (χ4n) is 1.08. The molecule has 2 N–H and O–H groups in total. The van der Waals surface area contributed by atoms with Crippen molar-refractivity contribution in [2.24, 2.45) is 0 Å². The van der Waals surface area contributed by atoms with Crippen LogP contribution in [0.15, 0.2) is 18.3 Å². The summed E-state index contributed by atoms with van der Waals surface area (Å²) in [6.45, 7) is 0. The first-order valence-electron chi connectivity index (χ1n) is 3.71. The van der Waals surface area contributed by atoms with E-state index in [1.54, 1.807) is 0 Å². The van der Waals surface area contributed by atoms with Crippen molar-refractivity contribution in [2.45, 2.75) is 0 Å². The molecule has 6 heteroatoms. The Balaban J connectivity index is 2.69. The Morgan fingerprint density at radius 3 is 2.86 bits per heavy atom. The van der Waals surface area contributed by atoms with Crippen LogP contribution in [-0.4, -0.2) is 8.75 Å². The zero-order valence-corrected chi connectivity index (χ0v) is 8.44. The molecular weight excluding hydrogens is 225 g/mol. The molecule has 0 aliphatic rings. The van der Waals surface area contributed by atoms with Crippen LogP contribution in [0.4, 0.5) is 10.1 Å². The number of halogens is 2. The van der Waals surface area contributed by atoms with Gasteiger partial charge >= 0.3 is 0 Å². The molecule has 0 spiro atoms. The number of aromatic nitrogens is 2. The maximum absolute atomic E-state index is 13.4. The topological polar surface area (TPSA) is 51.8 Å². The number of nitrogens with two attached hydrogens (primary N) is 1. The average molecular weight is 230 g/mol. The third kappa shape index (κ3) is 1.44. The molecule has 0 bridgehead atoms. The van der Waals surface area contributed by atoms with E-state index in [2.05, 4.69) is 8.75 Å². The third-order valence-corrected chi connectivity index (χ3v) is 2.62. The van der Waals surface area contributed by atoms with Crippen molar-refractivity contribution in [2.75, 3.05) is 5.73 Å². The summed E-state index contributed by atoms with van der Waals surface area (Å²) in [6, 6.07) is 2.68. The summed E-state index contributed by atoms with van der Waals surface area (Å²) in [5.41, 5.74) is 6.50. The monoisotopic (exact) mass is 229 g/mol. The zero-order chi connectivity index (χ0) is 10.1. The second-order valence-electron chi connectivity index (χ2n) is 2.62. The molecule has 0 radical (unpaired) electrons. The Morgan fingerprint density at radius 2 is 2.21 bits per heavy atom. The summed E-state index contributed by atoms with van der Waals surface area (Å²) in [7, 11) is 0. The van der Waals surface area contributed by atoms with Crippen molar-refractivity contribution in [3.05, 3.63) is 29.2 Å². The molecule has 0 aliphatic carbocycles. The molecule has 3 nitrogen and oxygen atoms in total. The van der Waals surface area contributed by atoms with Crippen LogP contribution in [0.3, 0.4) is 0 Å². The first kappa shape index (κ1) is 9.36. The molecule has 0 saturated heterocycles. The Kier molecular flexibility index (Phi) is 2.35. The molecule has 2 rings (SSSR count). The molecule has 0 saturated carbocycles. The van der Waals surface area contributed by atoms with E-state index in [9.17, 15) is 4.39 Å². The van der Waals surface area contributed by atoms with Crippen LogP contribution in [0.1, 0.15) is 0 Å². The number of hydrogen-bond acceptors (Lipinski definition) is 4. The van der Waals surface area contributed by atoms with E-state index in [1.807, 2.05) is 0 Å². The minimum Gasteiger partial charge on any atom is -0.398 e. The first-order valence-corrected chi connectivity index (χ1v) is 4.82. The van der Waals surface area contributed by atoms with Crippen molar-refractivity contribution < 1.29 is 4.39 Å². The van der Waals surface area contributed by atoms with E-state index in [0.717, 1.165) is 11.7 Å². The summed E-state index contributed by atoms with van der Waals surface area (Å²) in [5, 5.41) is 0.178. The predicted octanol–water partition coefficient (Wildman–Crippen LogP) is 2.58. The van der Waals surface area contributed by atoms with Gasteiger partial charge in [0.05, 0.1) is 34.2 Å². The molecule has 0 aliphatic heterocycles. The Bertz CT molecular complexity index is 458. The Morgan fingerprint density at radius 1 is 1.43 bits per heavy atom. The molecule has 14 heavy (non-hydrogen) atoms. The maximum Gasteiger partial charge on any atom is 0.134 e. The van der Waals surface area contributed by atoms with Crippen molar-refractivity contribution in [3.8, 4) is 11.3 Å². The van der Waals surface area contributed by atoms with Gasteiger partial charge < -0.3 is 5.73 Å². The fraction of sp³-hybridized carbons (Fsp3) is 0. The average Bonchev–Trinajstić information content (AvgIpc) is 2.65. The normalized spacial score (nSPS) is 10.4. The molecule has 1 heterocycles. The van der Waals surface area contributed by atoms with Gasteiger partial charge in [-0.05, 0) is 12.1 Å². The summed E-state index contributed by atoms with van der Waals surface area (Å²) < 4.78 is 21.1. The molecule has 0 unspecified atom stereocenters. The lowest BCUT2D eigenvalue weighted by molar-refractivity contribution is 0.631. The highest BCUT2D eigenvalue weighted by atomic mass is 35.5. The van der Waals surface area contributed by atoms with Gasteiger partial charge in [-0.2, -0.15) is 8.75 Å². The van der Waals surface area contributed by atoms with Gasteiger partial charge in [0, 0.05) is 0 Å². The molecule has 72 valence electrons. The standard InChI is InChI=1S/C8H5ClFN3S/c9-8-5(11)2-1-4(10)7(8)6-3-12-14-13-6/h1-3H,11H2. The van der Waals surface area contributed by atoms with Crippen LogP contribution in [0.2, 0.25) is 5.02 Å². The fourth-order valence-corrected chi connectivity index (χ4v) is 1.75. The largest absolute Gasteiger partial charge is 0.398 e. The summed E-state index contributed by atoms with van der Waals surface area (Å²) in [5.74, 6) is -0.447. The van der Waals surface area contributed by atoms with Crippen molar-refractivity contribution >= 4 is 29.0 Å². The van der Waals surface area contributed by atoms with Crippen LogP contribution >= 0.6 is 23.3 Å². The van der Waals surface area contributed by atoms with E-state index in [0.29, 0.717) is 11.4 Å². The molecule has 0 fully saturated rings. The predicted molar refractivity (Wildman–Crippen MR) is 54.7 cm³/mol. The SMILES string of the molecule is Nc1ccc(F)c(-c2cnsn2)c1Cl. The highest BCUT2D eigenvalue weighted by Gasteiger charge is 2.14. The molecule has 1 aromatic carbocycles. The number of benzene rings is 1. The summed E-state index contributed by atoms with van der Waals surface area (Å²) in [6.07, 6.45) is 1.45. The van der Waals surface area contributed by atoms with Gasteiger partial charge in [0.25, 0.3) is 0 Å². The summed E-state index contributed by atoms with van der Waals surface area (Å²) >= 11 is 6.85. The van der Waals surface area contributed by atoms with Gasteiger partial charge in [0.1, 0.15) is 11.5 Å². The van der Waals surface area contributed by atoms with Crippen LogP contribution in [0.25, 0.3) is 11.3 Å². The van der Waals surface area contributed by atoms with Gasteiger partial charge in [-0.3, -0.25) is 0 Å². The number of hydrogen-bond donors (Lipinski definition) is 1. The Hall–Kier alpha value is -1.20. The van der Waals surface area contributed by atoms with E-state index in [-0.39, 0.29) is 10.6 Å². The van der Waals surface area contributed by atoms with Gasteiger partial charge in [-0.25, -0.2) is 4.39 Å². The van der Waals surface area contributed by atoms with Gasteiger partial charge in [0.2, 0.25) is 0 Å². The minimum atomic E-state index is -0.447. The van der Waals surface area contributed by atoms with Crippen LogP contribution < -0.4 is 5.73 Å². The van der Waals surface area contributed by atoms with Gasteiger partial charge in [-0.1, -0.05) is 11.6 Å². The molecule has 0 amide bonds. The molecule has 2 aromatic rings. The van der Waals surface area contributed by atoms with Crippen LogP contribution in [0.5, 0.6) is 0 Å². The van der Waals surface area contributed by atoms with E-state index in [1.165, 1.54) is 18.3 Å². The zero-order valence-electron chi connectivity index (χ0n) is 6.87. The number of nitrogens with zero attached hydrogens (tertiary/aromatic N) is 2. The number of nitrogen functional groups attached to an aromatic ring is 1. The Labute approximate surface area is 88.7 Å². The number of anilines is 1. The van der Waals surface area contributed by atoms with Crippen molar-refractivity contribution in [1.82, 2.24) is 8.75 Å². The van der Waals surface area contributed by atoms with Crippen LogP contribution in [0, 0.1) is 5.82 Å². The lowest BCUT2D eigenvalue weighted by Gasteiger charge is -2.04. The van der Waals surface area contributed by atoms with Gasteiger partial charge in [-0.15, -0.1) is 0 Å². The van der Waals surface area contributed by atoms with Crippen LogP contribution in [-0.2, 0) is 0 Å². The smallest absolute Gasteiger partial charge is 0.134 e. The number of rotatable bonds is 1. The second kappa shape index (κ2) is 3.51. The third-order valence-electron chi connectivity index (χ3n) is 1.74. The lowest BCUT2D eigenvalue weighted by atomic mass is 10.1. The highest BCUT2D eigenvalue weighted by molar-refractivity contribution is 6.99. The molecular formula is C8H5ClFN3S. The van der Waals surface area contributed by atoms with Gasteiger partial charge in [0.15, 0.2) is 0 Å². The first-order chi connectivity index (χ1) is 6.70. The quantitative estimate of drug-likeness (QED) is 0.765. The van der Waals surface area contributed by atoms with E-state index < -0.39 is 5.82 Å². The second-order valence-corrected chi connectivity index (χ2v) is 3.55. The van der Waals surface area contributed by atoms with Crippen molar-refractivity contribution in [1.29, 1.82) is 0 Å². The minimum absolute atomic E-state index is 0.178. The maximum atomic E-state index is 13.4. The summed E-state index contributed by atoms with van der Waals surface area (Å²) in [4.78, 5) is 0. The molecule has 1 aromatic heterocycles.